The molecule has 3 heteroatoms. The second-order valence-electron chi connectivity index (χ2n) is 3.27. The molecule has 2 nitrogen and oxygen atoms in total. The Kier molecular flexibility index (Phi) is 2.15. The van der Waals surface area contributed by atoms with E-state index in [1.807, 2.05) is 18.2 Å². The van der Waals surface area contributed by atoms with Gasteiger partial charge in [-0.3, -0.25) is 0 Å². The zero-order valence-corrected chi connectivity index (χ0v) is 7.16. The molecule has 2 rings (SSSR count). The summed E-state index contributed by atoms with van der Waals surface area (Å²) >= 11 is 0. The summed E-state index contributed by atoms with van der Waals surface area (Å²) in [5, 5.41) is 2.92. The monoisotopic (exact) mass is 161 g/mol. The standard InChI is InChI=1S/C9H12BNO/c1-7-9(12-11-10-7)8-5-3-2-4-6-8/h2-7,9-11H,1H3/t7-,9+/m0/s1. The molecule has 0 bridgehead atoms. The van der Waals surface area contributed by atoms with E-state index in [4.69, 9.17) is 4.84 Å². The summed E-state index contributed by atoms with van der Waals surface area (Å²) in [6.45, 7) is 2.19. The molecule has 0 spiro atoms. The molecule has 1 aliphatic rings. The molecule has 0 radical (unpaired) electrons. The van der Waals surface area contributed by atoms with Gasteiger partial charge in [-0.1, -0.05) is 37.3 Å². The lowest BCUT2D eigenvalue weighted by atomic mass is 9.74. The highest BCUT2D eigenvalue weighted by Crippen LogP contribution is 2.31. The average Bonchev–Trinajstić information content (AvgIpc) is 2.53. The molecule has 0 saturated carbocycles. The molecule has 2 atom stereocenters. The second kappa shape index (κ2) is 3.29. The van der Waals surface area contributed by atoms with Crippen molar-refractivity contribution in [1.29, 1.82) is 0 Å². The van der Waals surface area contributed by atoms with Crippen LogP contribution in [0.5, 0.6) is 0 Å². The normalized spacial score (nSPS) is 28.4. The summed E-state index contributed by atoms with van der Waals surface area (Å²) in [4.78, 5) is 5.40. The van der Waals surface area contributed by atoms with Crippen LogP contribution in [0, 0.1) is 0 Å². The van der Waals surface area contributed by atoms with Gasteiger partial charge < -0.3 is 4.84 Å². The van der Waals surface area contributed by atoms with Crippen molar-refractivity contribution in [3.8, 4) is 0 Å². The Hall–Kier alpha value is -0.795. The molecule has 1 fully saturated rings. The predicted molar refractivity (Wildman–Crippen MR) is 50.0 cm³/mol. The molecule has 1 N–H and O–H groups in total. The van der Waals surface area contributed by atoms with Crippen molar-refractivity contribution in [1.82, 2.24) is 5.39 Å². The van der Waals surface area contributed by atoms with E-state index in [9.17, 15) is 0 Å². The molecule has 1 aromatic rings. The first-order valence-corrected chi connectivity index (χ1v) is 4.31. The van der Waals surface area contributed by atoms with E-state index < -0.39 is 0 Å². The zero-order valence-electron chi connectivity index (χ0n) is 7.16. The first-order valence-electron chi connectivity index (χ1n) is 4.31. The van der Waals surface area contributed by atoms with Crippen LogP contribution in [-0.4, -0.2) is 7.41 Å². The van der Waals surface area contributed by atoms with Crippen LogP contribution in [0.3, 0.4) is 0 Å². The van der Waals surface area contributed by atoms with Crippen LogP contribution in [0.25, 0.3) is 0 Å². The highest BCUT2D eigenvalue weighted by molar-refractivity contribution is 6.34. The molecule has 1 aromatic carbocycles. The van der Waals surface area contributed by atoms with E-state index in [0.29, 0.717) is 5.82 Å². The molecule has 12 heavy (non-hydrogen) atoms. The van der Waals surface area contributed by atoms with E-state index in [1.165, 1.54) is 5.56 Å². The Labute approximate surface area is 73.1 Å². The highest BCUT2D eigenvalue weighted by Gasteiger charge is 2.26. The summed E-state index contributed by atoms with van der Waals surface area (Å²) in [6, 6.07) is 10.3. The fourth-order valence-electron chi connectivity index (χ4n) is 1.53. The van der Waals surface area contributed by atoms with Gasteiger partial charge in [0.1, 0.15) is 0 Å². The van der Waals surface area contributed by atoms with Crippen LogP contribution in [0.4, 0.5) is 0 Å². The third kappa shape index (κ3) is 1.38. The maximum Gasteiger partial charge on any atom is 0.240 e. The van der Waals surface area contributed by atoms with E-state index in [2.05, 4.69) is 24.4 Å². The van der Waals surface area contributed by atoms with Crippen LogP contribution < -0.4 is 5.39 Å². The average molecular weight is 161 g/mol. The van der Waals surface area contributed by atoms with Crippen LogP contribution in [0.1, 0.15) is 18.6 Å². The Bertz CT molecular complexity index is 252. The van der Waals surface area contributed by atoms with Crippen molar-refractivity contribution in [2.45, 2.75) is 18.8 Å². The van der Waals surface area contributed by atoms with Gasteiger partial charge in [-0.25, -0.2) is 5.39 Å². The lowest BCUT2D eigenvalue weighted by Crippen LogP contribution is -2.08. The van der Waals surface area contributed by atoms with Crippen LogP contribution >= 0.6 is 0 Å². The van der Waals surface area contributed by atoms with Gasteiger partial charge in [0, 0.05) is 0 Å². The number of hydrogen-bond acceptors (Lipinski definition) is 2. The number of benzene rings is 1. The van der Waals surface area contributed by atoms with E-state index in [-0.39, 0.29) is 6.10 Å². The van der Waals surface area contributed by atoms with Crippen molar-refractivity contribution < 1.29 is 4.84 Å². The predicted octanol–water partition coefficient (Wildman–Crippen LogP) is 1.42. The molecule has 1 aliphatic heterocycles. The molecule has 0 amide bonds. The molecule has 1 saturated heterocycles. The molecule has 1 heterocycles. The molecular weight excluding hydrogens is 149 g/mol. The highest BCUT2D eigenvalue weighted by atomic mass is 16.7. The van der Waals surface area contributed by atoms with E-state index in [1.54, 1.807) is 0 Å². The molecule has 0 aromatic heterocycles. The van der Waals surface area contributed by atoms with Crippen molar-refractivity contribution in [2.24, 2.45) is 0 Å². The maximum atomic E-state index is 5.40. The topological polar surface area (TPSA) is 21.3 Å². The largest absolute Gasteiger partial charge is 0.306 e. The van der Waals surface area contributed by atoms with Gasteiger partial charge in [0.2, 0.25) is 7.41 Å². The first kappa shape index (κ1) is 7.83. The van der Waals surface area contributed by atoms with E-state index in [0.717, 1.165) is 7.41 Å². The minimum Gasteiger partial charge on any atom is -0.306 e. The third-order valence-electron chi connectivity index (χ3n) is 2.26. The van der Waals surface area contributed by atoms with Crippen molar-refractivity contribution >= 4 is 7.41 Å². The van der Waals surface area contributed by atoms with Gasteiger partial charge in [0.25, 0.3) is 0 Å². The van der Waals surface area contributed by atoms with Crippen molar-refractivity contribution in [3.05, 3.63) is 35.9 Å². The second-order valence-corrected chi connectivity index (χ2v) is 3.27. The minimum absolute atomic E-state index is 0.228. The summed E-state index contributed by atoms with van der Waals surface area (Å²) in [6.07, 6.45) is 0.228. The van der Waals surface area contributed by atoms with Gasteiger partial charge in [-0.15, -0.1) is 0 Å². The van der Waals surface area contributed by atoms with Gasteiger partial charge in [-0.2, -0.15) is 0 Å². The van der Waals surface area contributed by atoms with Crippen LogP contribution in [-0.2, 0) is 4.84 Å². The summed E-state index contributed by atoms with van der Waals surface area (Å²) < 4.78 is 0. The quantitative estimate of drug-likeness (QED) is 0.629. The lowest BCUT2D eigenvalue weighted by Gasteiger charge is -2.12. The number of nitrogens with one attached hydrogen (secondary N) is 1. The maximum absolute atomic E-state index is 5.40. The summed E-state index contributed by atoms with van der Waals surface area (Å²) in [5.74, 6) is 0.562. The van der Waals surface area contributed by atoms with Crippen LogP contribution in [0.2, 0.25) is 5.82 Å². The Balaban J connectivity index is 2.19. The SMILES string of the molecule is C[C@@H]1BNO[C@H]1c1ccccc1. The Morgan fingerprint density at radius 2 is 2.08 bits per heavy atom. The smallest absolute Gasteiger partial charge is 0.240 e. The van der Waals surface area contributed by atoms with Gasteiger partial charge in [0.05, 0.1) is 6.10 Å². The lowest BCUT2D eigenvalue weighted by molar-refractivity contribution is 0.0409. The fourth-order valence-corrected chi connectivity index (χ4v) is 1.53. The summed E-state index contributed by atoms with van der Waals surface area (Å²) in [7, 11) is 0.944. The molecule has 0 unspecified atom stereocenters. The molecule has 62 valence electrons. The summed E-state index contributed by atoms with van der Waals surface area (Å²) in [5.41, 5.74) is 1.26. The number of rotatable bonds is 1. The third-order valence-corrected chi connectivity index (χ3v) is 2.26. The first-order chi connectivity index (χ1) is 5.88. The minimum atomic E-state index is 0.228. The fraction of sp³-hybridized carbons (Fsp3) is 0.333. The van der Waals surface area contributed by atoms with Crippen molar-refractivity contribution in [2.75, 3.05) is 0 Å². The number of hydrogen-bond donors (Lipinski definition) is 1. The van der Waals surface area contributed by atoms with Crippen LogP contribution in [0.15, 0.2) is 30.3 Å². The molecular formula is C9H12BNO. The Morgan fingerprint density at radius 3 is 2.67 bits per heavy atom. The zero-order chi connectivity index (χ0) is 8.39. The Morgan fingerprint density at radius 1 is 1.33 bits per heavy atom. The van der Waals surface area contributed by atoms with Gasteiger partial charge in [0.15, 0.2) is 0 Å². The van der Waals surface area contributed by atoms with Gasteiger partial charge in [-0.05, 0) is 11.4 Å². The van der Waals surface area contributed by atoms with E-state index >= 15 is 0 Å². The van der Waals surface area contributed by atoms with Gasteiger partial charge >= 0.3 is 0 Å². The van der Waals surface area contributed by atoms with Crippen molar-refractivity contribution in [3.63, 3.8) is 0 Å². The molecule has 0 aliphatic carbocycles.